The summed E-state index contributed by atoms with van der Waals surface area (Å²) in [6, 6.07) is 1.64. The van der Waals surface area contributed by atoms with Gasteiger partial charge in [-0.25, -0.2) is 9.78 Å². The minimum atomic E-state index is -0.579. The van der Waals surface area contributed by atoms with E-state index in [1.807, 2.05) is 34.6 Å². The maximum Gasteiger partial charge on any atom is 0.329 e. The van der Waals surface area contributed by atoms with Crippen molar-refractivity contribution in [1.29, 1.82) is 0 Å². The highest BCUT2D eigenvalue weighted by molar-refractivity contribution is 6.05. The number of aromatic amines is 1. The number of aryl methyl sites for hydroxylation is 1. The third kappa shape index (κ3) is 3.81. The first-order chi connectivity index (χ1) is 11.8. The molecule has 1 atom stereocenters. The lowest BCUT2D eigenvalue weighted by Crippen LogP contribution is -2.35. The van der Waals surface area contributed by atoms with Crippen LogP contribution in [0.1, 0.15) is 69.4 Å². The zero-order chi connectivity index (χ0) is 18.7. The molecule has 2 aromatic rings. The molecule has 2 rings (SSSR count). The second-order valence-electron chi connectivity index (χ2n) is 6.64. The number of pyridine rings is 1. The van der Waals surface area contributed by atoms with Gasteiger partial charge in [0.15, 0.2) is 5.65 Å². The molecule has 0 aliphatic rings. The first-order valence-corrected chi connectivity index (χ1v) is 8.78. The van der Waals surface area contributed by atoms with Gasteiger partial charge in [0, 0.05) is 18.3 Å². The Balaban J connectivity index is 2.84. The summed E-state index contributed by atoms with van der Waals surface area (Å²) in [5.74, 6) is -0.264. The summed E-state index contributed by atoms with van der Waals surface area (Å²) in [5.41, 5.74) is 0.137. The summed E-state index contributed by atoms with van der Waals surface area (Å²) in [5, 5.41) is 3.06. The minimum Gasteiger partial charge on any atom is -0.350 e. The Morgan fingerprint density at radius 3 is 2.52 bits per heavy atom. The number of aromatic nitrogens is 3. The van der Waals surface area contributed by atoms with E-state index in [2.05, 4.69) is 15.3 Å². The predicted octanol–water partition coefficient (Wildman–Crippen LogP) is 2.15. The van der Waals surface area contributed by atoms with Crippen LogP contribution in [0, 0.1) is 0 Å². The molecule has 0 bridgehead atoms. The van der Waals surface area contributed by atoms with Gasteiger partial charge in [-0.3, -0.25) is 19.1 Å². The largest absolute Gasteiger partial charge is 0.350 e. The van der Waals surface area contributed by atoms with Crippen LogP contribution < -0.4 is 16.6 Å². The predicted molar refractivity (Wildman–Crippen MR) is 98.2 cm³/mol. The summed E-state index contributed by atoms with van der Waals surface area (Å²) in [6.45, 7) is 10.2. The molecule has 0 aromatic carbocycles. The average Bonchev–Trinajstić information content (AvgIpc) is 2.56. The van der Waals surface area contributed by atoms with Crippen LogP contribution in [-0.2, 0) is 6.54 Å². The Bertz CT molecular complexity index is 896. The fourth-order valence-electron chi connectivity index (χ4n) is 2.60. The molecule has 25 heavy (non-hydrogen) atoms. The van der Waals surface area contributed by atoms with Gasteiger partial charge in [-0.2, -0.15) is 0 Å². The Labute approximate surface area is 146 Å². The number of fused-ring (bicyclic) bond motifs is 1. The molecule has 1 unspecified atom stereocenters. The maximum atomic E-state index is 12.7. The van der Waals surface area contributed by atoms with E-state index in [4.69, 9.17) is 0 Å². The molecule has 0 aliphatic carbocycles. The van der Waals surface area contributed by atoms with Crippen LogP contribution in [0.15, 0.2) is 15.7 Å². The molecule has 0 radical (unpaired) electrons. The topological polar surface area (TPSA) is 96.9 Å². The van der Waals surface area contributed by atoms with Crippen LogP contribution in [0.5, 0.6) is 0 Å². The average molecular weight is 346 g/mol. The van der Waals surface area contributed by atoms with E-state index in [1.165, 1.54) is 4.57 Å². The third-order valence-corrected chi connectivity index (χ3v) is 4.24. The number of carbonyl (C=O) groups is 1. The Morgan fingerprint density at radius 2 is 1.96 bits per heavy atom. The van der Waals surface area contributed by atoms with Gasteiger partial charge in [0.2, 0.25) is 0 Å². The van der Waals surface area contributed by atoms with Crippen LogP contribution >= 0.6 is 0 Å². The SMILES string of the molecule is CCCn1c(=O)[nH]c(=O)c2c(C(=O)NC(C)CC)cc(C(C)C)nc21. The van der Waals surface area contributed by atoms with E-state index in [-0.39, 0.29) is 34.5 Å². The molecule has 7 heteroatoms. The summed E-state index contributed by atoms with van der Waals surface area (Å²) < 4.78 is 1.43. The minimum absolute atomic E-state index is 0.0150. The molecule has 2 aromatic heterocycles. The van der Waals surface area contributed by atoms with Crippen molar-refractivity contribution >= 4 is 16.9 Å². The molecule has 0 saturated carbocycles. The van der Waals surface area contributed by atoms with Crippen molar-refractivity contribution < 1.29 is 4.79 Å². The van der Waals surface area contributed by atoms with E-state index >= 15 is 0 Å². The van der Waals surface area contributed by atoms with Gasteiger partial charge in [-0.05, 0) is 31.7 Å². The number of hydrogen-bond donors (Lipinski definition) is 2. The zero-order valence-corrected chi connectivity index (χ0v) is 15.5. The van der Waals surface area contributed by atoms with Crippen LogP contribution in [0.3, 0.4) is 0 Å². The van der Waals surface area contributed by atoms with Crippen molar-refractivity contribution in [1.82, 2.24) is 19.9 Å². The number of amides is 1. The quantitative estimate of drug-likeness (QED) is 0.837. The number of carbonyl (C=O) groups excluding carboxylic acids is 1. The second kappa shape index (κ2) is 7.63. The standard InChI is InChI=1S/C18H26N4O3/c1-6-8-22-15-14(17(24)21-18(22)25)12(9-13(20-15)10(3)4)16(23)19-11(5)7-2/h9-11H,6-8H2,1-5H3,(H,19,23)(H,21,24,25). The summed E-state index contributed by atoms with van der Waals surface area (Å²) >= 11 is 0. The molecule has 0 spiro atoms. The van der Waals surface area contributed by atoms with Gasteiger partial charge in [-0.15, -0.1) is 0 Å². The lowest BCUT2D eigenvalue weighted by molar-refractivity contribution is 0.0940. The number of H-pyrrole nitrogens is 1. The maximum absolute atomic E-state index is 12.7. The Morgan fingerprint density at radius 1 is 1.28 bits per heavy atom. The van der Waals surface area contributed by atoms with E-state index in [9.17, 15) is 14.4 Å². The fraction of sp³-hybridized carbons (Fsp3) is 0.556. The van der Waals surface area contributed by atoms with Crippen molar-refractivity contribution in [3.05, 3.63) is 38.2 Å². The van der Waals surface area contributed by atoms with Crippen LogP contribution in [0.4, 0.5) is 0 Å². The highest BCUT2D eigenvalue weighted by Crippen LogP contribution is 2.20. The van der Waals surface area contributed by atoms with E-state index in [0.29, 0.717) is 18.7 Å². The molecular weight excluding hydrogens is 320 g/mol. The molecule has 0 aliphatic heterocycles. The van der Waals surface area contributed by atoms with Crippen molar-refractivity contribution in [3.8, 4) is 0 Å². The Hall–Kier alpha value is -2.44. The van der Waals surface area contributed by atoms with Gasteiger partial charge in [0.25, 0.3) is 11.5 Å². The van der Waals surface area contributed by atoms with Crippen LogP contribution in [0.2, 0.25) is 0 Å². The molecule has 2 N–H and O–H groups in total. The van der Waals surface area contributed by atoms with E-state index < -0.39 is 11.2 Å². The van der Waals surface area contributed by atoms with Gasteiger partial charge in [0.05, 0.1) is 10.9 Å². The summed E-state index contributed by atoms with van der Waals surface area (Å²) in [6.07, 6.45) is 1.49. The second-order valence-corrected chi connectivity index (χ2v) is 6.64. The first kappa shape index (κ1) is 18.9. The smallest absolute Gasteiger partial charge is 0.329 e. The van der Waals surface area contributed by atoms with Crippen molar-refractivity contribution in [2.24, 2.45) is 0 Å². The number of hydrogen-bond acceptors (Lipinski definition) is 4. The third-order valence-electron chi connectivity index (χ3n) is 4.24. The number of nitrogens with zero attached hydrogens (tertiary/aromatic N) is 2. The molecular formula is C18H26N4O3. The number of nitrogens with one attached hydrogen (secondary N) is 2. The van der Waals surface area contributed by atoms with Gasteiger partial charge < -0.3 is 5.32 Å². The van der Waals surface area contributed by atoms with Crippen molar-refractivity contribution in [2.75, 3.05) is 0 Å². The molecule has 0 saturated heterocycles. The monoisotopic (exact) mass is 346 g/mol. The van der Waals surface area contributed by atoms with Gasteiger partial charge in [0.1, 0.15) is 0 Å². The lowest BCUT2D eigenvalue weighted by Gasteiger charge is -2.16. The van der Waals surface area contributed by atoms with E-state index in [1.54, 1.807) is 6.07 Å². The molecule has 2 heterocycles. The van der Waals surface area contributed by atoms with Crippen LogP contribution in [0.25, 0.3) is 11.0 Å². The van der Waals surface area contributed by atoms with E-state index in [0.717, 1.165) is 6.42 Å². The molecule has 7 nitrogen and oxygen atoms in total. The first-order valence-electron chi connectivity index (χ1n) is 8.78. The highest BCUT2D eigenvalue weighted by atomic mass is 16.2. The normalized spacial score (nSPS) is 12.6. The molecule has 136 valence electrons. The van der Waals surface area contributed by atoms with Gasteiger partial charge >= 0.3 is 5.69 Å². The molecule has 0 fully saturated rings. The number of rotatable bonds is 6. The van der Waals surface area contributed by atoms with Crippen molar-refractivity contribution in [3.63, 3.8) is 0 Å². The van der Waals surface area contributed by atoms with Crippen molar-refractivity contribution in [2.45, 2.75) is 66.0 Å². The van der Waals surface area contributed by atoms with Crippen LogP contribution in [-0.4, -0.2) is 26.5 Å². The molecule has 1 amide bonds. The fourth-order valence-corrected chi connectivity index (χ4v) is 2.60. The summed E-state index contributed by atoms with van der Waals surface area (Å²) in [7, 11) is 0. The zero-order valence-electron chi connectivity index (χ0n) is 15.5. The lowest BCUT2D eigenvalue weighted by atomic mass is 10.0. The highest BCUT2D eigenvalue weighted by Gasteiger charge is 2.20. The Kier molecular flexibility index (Phi) is 5.77. The summed E-state index contributed by atoms with van der Waals surface area (Å²) in [4.78, 5) is 44.2. The van der Waals surface area contributed by atoms with Gasteiger partial charge in [-0.1, -0.05) is 27.7 Å².